The maximum atomic E-state index is 12.8. The van der Waals surface area contributed by atoms with Crippen molar-refractivity contribution in [3.8, 4) is 0 Å². The second kappa shape index (κ2) is 10.5. The van der Waals surface area contributed by atoms with Crippen LogP contribution in [-0.4, -0.2) is 52.0 Å². The molecule has 0 fully saturated rings. The molecule has 1 N–H and O–H groups in total. The first-order valence-electron chi connectivity index (χ1n) is 7.86. The standard InChI is InChI=1S/C16H19FN4O2S3/c1-3-8-24-15-19-20-16(26-15)25-10-14(23)21(2)9-13(22)18-12-6-4-11(17)5-7-12/h4-7H,3,8-10H2,1-2H3,(H,18,22). The lowest BCUT2D eigenvalue weighted by Crippen LogP contribution is -2.35. The molecule has 0 bridgehead atoms. The number of likely N-dealkylation sites (N-methyl/N-ethyl adjacent to an activating group) is 1. The largest absolute Gasteiger partial charge is 0.336 e. The second-order valence-corrected chi connectivity index (χ2v) is 8.82. The Morgan fingerprint density at radius 1 is 1.19 bits per heavy atom. The van der Waals surface area contributed by atoms with Crippen molar-refractivity contribution >= 4 is 52.4 Å². The van der Waals surface area contributed by atoms with E-state index in [1.807, 2.05) is 0 Å². The average molecular weight is 415 g/mol. The second-order valence-electron chi connectivity index (χ2n) is 5.28. The number of nitrogens with one attached hydrogen (secondary N) is 1. The van der Waals surface area contributed by atoms with Crippen LogP contribution in [-0.2, 0) is 9.59 Å². The first-order valence-corrected chi connectivity index (χ1v) is 10.6. The summed E-state index contributed by atoms with van der Waals surface area (Å²) in [4.78, 5) is 25.5. The predicted octanol–water partition coefficient (Wildman–Crippen LogP) is 3.37. The van der Waals surface area contributed by atoms with Crippen molar-refractivity contribution in [1.29, 1.82) is 0 Å². The number of aromatic nitrogens is 2. The number of anilines is 1. The molecule has 0 atom stereocenters. The third-order valence-electron chi connectivity index (χ3n) is 3.07. The van der Waals surface area contributed by atoms with Gasteiger partial charge in [0.1, 0.15) is 5.82 Å². The van der Waals surface area contributed by atoms with Gasteiger partial charge >= 0.3 is 0 Å². The summed E-state index contributed by atoms with van der Waals surface area (Å²) >= 11 is 4.43. The lowest BCUT2D eigenvalue weighted by atomic mass is 10.3. The van der Waals surface area contributed by atoms with Gasteiger partial charge in [-0.3, -0.25) is 9.59 Å². The van der Waals surface area contributed by atoms with E-state index in [9.17, 15) is 14.0 Å². The average Bonchev–Trinajstić information content (AvgIpc) is 3.07. The molecule has 0 aliphatic heterocycles. The van der Waals surface area contributed by atoms with Crippen molar-refractivity contribution in [3.05, 3.63) is 30.1 Å². The predicted molar refractivity (Wildman–Crippen MR) is 104 cm³/mol. The highest BCUT2D eigenvalue weighted by atomic mass is 32.2. The van der Waals surface area contributed by atoms with Crippen LogP contribution in [0.4, 0.5) is 10.1 Å². The van der Waals surface area contributed by atoms with Gasteiger partial charge in [-0.05, 0) is 30.7 Å². The Kier molecular flexibility index (Phi) is 8.33. The van der Waals surface area contributed by atoms with Crippen LogP contribution in [0.15, 0.2) is 32.9 Å². The first kappa shape index (κ1) is 20.7. The SMILES string of the molecule is CCCSc1nnc(SCC(=O)N(C)CC(=O)Nc2ccc(F)cc2)s1. The quantitative estimate of drug-likeness (QED) is 0.634. The van der Waals surface area contributed by atoms with Gasteiger partial charge in [0.2, 0.25) is 11.8 Å². The molecule has 0 saturated heterocycles. The summed E-state index contributed by atoms with van der Waals surface area (Å²) in [5.41, 5.74) is 0.484. The Labute approximate surface area is 164 Å². The Balaban J connectivity index is 1.75. The van der Waals surface area contributed by atoms with Crippen molar-refractivity contribution in [2.24, 2.45) is 0 Å². The summed E-state index contributed by atoms with van der Waals surface area (Å²) in [6, 6.07) is 5.45. The Bertz CT molecular complexity index is 739. The molecule has 26 heavy (non-hydrogen) atoms. The Hall–Kier alpha value is -1.65. The van der Waals surface area contributed by atoms with E-state index in [1.165, 1.54) is 52.3 Å². The molecule has 0 saturated carbocycles. The summed E-state index contributed by atoms with van der Waals surface area (Å²) in [6.45, 7) is 2.02. The molecule has 0 aliphatic carbocycles. The number of hydrogen-bond donors (Lipinski definition) is 1. The molecule has 1 heterocycles. The minimum absolute atomic E-state index is 0.0789. The van der Waals surface area contributed by atoms with Gasteiger partial charge in [-0.15, -0.1) is 10.2 Å². The monoisotopic (exact) mass is 414 g/mol. The van der Waals surface area contributed by atoms with E-state index in [1.54, 1.807) is 18.8 Å². The minimum Gasteiger partial charge on any atom is -0.336 e. The molecule has 2 amide bonds. The summed E-state index contributed by atoms with van der Waals surface area (Å²) < 4.78 is 14.5. The van der Waals surface area contributed by atoms with Crippen molar-refractivity contribution in [2.45, 2.75) is 22.0 Å². The van der Waals surface area contributed by atoms with E-state index in [0.717, 1.165) is 20.9 Å². The van der Waals surface area contributed by atoms with Gasteiger partial charge < -0.3 is 10.2 Å². The van der Waals surface area contributed by atoms with Crippen LogP contribution >= 0.6 is 34.9 Å². The lowest BCUT2D eigenvalue weighted by molar-refractivity contribution is -0.131. The van der Waals surface area contributed by atoms with Crippen molar-refractivity contribution in [1.82, 2.24) is 15.1 Å². The van der Waals surface area contributed by atoms with Gasteiger partial charge in [0, 0.05) is 18.5 Å². The first-order chi connectivity index (χ1) is 12.5. The Morgan fingerprint density at radius 3 is 2.50 bits per heavy atom. The van der Waals surface area contributed by atoms with E-state index >= 15 is 0 Å². The summed E-state index contributed by atoms with van der Waals surface area (Å²) in [7, 11) is 1.57. The number of carbonyl (C=O) groups excluding carboxylic acids is 2. The van der Waals surface area contributed by atoms with Gasteiger partial charge in [-0.1, -0.05) is 41.8 Å². The number of amides is 2. The van der Waals surface area contributed by atoms with Crippen LogP contribution in [0, 0.1) is 5.82 Å². The number of thioether (sulfide) groups is 2. The van der Waals surface area contributed by atoms with E-state index in [4.69, 9.17) is 0 Å². The number of hydrogen-bond acceptors (Lipinski definition) is 7. The van der Waals surface area contributed by atoms with Crippen LogP contribution in [0.3, 0.4) is 0 Å². The summed E-state index contributed by atoms with van der Waals surface area (Å²) in [5.74, 6) is 0.284. The highest BCUT2D eigenvalue weighted by Crippen LogP contribution is 2.29. The zero-order valence-corrected chi connectivity index (χ0v) is 16.8. The number of benzene rings is 1. The molecule has 1 aromatic heterocycles. The van der Waals surface area contributed by atoms with E-state index in [2.05, 4.69) is 22.4 Å². The third-order valence-corrected chi connectivity index (χ3v) is 6.45. The van der Waals surface area contributed by atoms with Crippen LogP contribution < -0.4 is 5.32 Å². The smallest absolute Gasteiger partial charge is 0.243 e. The molecule has 0 unspecified atom stereocenters. The van der Waals surface area contributed by atoms with Crippen molar-refractivity contribution in [2.75, 3.05) is 30.4 Å². The molecule has 0 spiro atoms. The molecule has 0 aliphatic rings. The lowest BCUT2D eigenvalue weighted by Gasteiger charge is -2.16. The van der Waals surface area contributed by atoms with Gasteiger partial charge in [0.25, 0.3) is 0 Å². The van der Waals surface area contributed by atoms with E-state index in [-0.39, 0.29) is 29.9 Å². The van der Waals surface area contributed by atoms with E-state index in [0.29, 0.717) is 5.69 Å². The van der Waals surface area contributed by atoms with Gasteiger partial charge in [-0.2, -0.15) is 0 Å². The summed E-state index contributed by atoms with van der Waals surface area (Å²) in [5, 5.41) is 10.7. The molecular formula is C16H19FN4O2S3. The van der Waals surface area contributed by atoms with Gasteiger partial charge in [-0.25, -0.2) is 4.39 Å². The summed E-state index contributed by atoms with van der Waals surface area (Å²) in [6.07, 6.45) is 1.07. The highest BCUT2D eigenvalue weighted by Gasteiger charge is 2.15. The Morgan fingerprint density at radius 2 is 1.85 bits per heavy atom. The molecule has 2 rings (SSSR count). The zero-order chi connectivity index (χ0) is 18.9. The molecule has 10 heteroatoms. The van der Waals surface area contributed by atoms with Crippen molar-refractivity contribution < 1.29 is 14.0 Å². The topological polar surface area (TPSA) is 75.2 Å². The van der Waals surface area contributed by atoms with Crippen molar-refractivity contribution in [3.63, 3.8) is 0 Å². The minimum atomic E-state index is -0.375. The fraction of sp³-hybridized carbons (Fsp3) is 0.375. The maximum Gasteiger partial charge on any atom is 0.243 e. The van der Waals surface area contributed by atoms with Gasteiger partial charge in [0.05, 0.1) is 12.3 Å². The zero-order valence-electron chi connectivity index (χ0n) is 14.4. The molecule has 6 nitrogen and oxygen atoms in total. The van der Waals surface area contributed by atoms with Gasteiger partial charge in [0.15, 0.2) is 8.68 Å². The fourth-order valence-electron chi connectivity index (χ4n) is 1.77. The number of carbonyl (C=O) groups is 2. The number of rotatable bonds is 9. The molecule has 140 valence electrons. The van der Waals surface area contributed by atoms with Crippen LogP contribution in [0.2, 0.25) is 0 Å². The molecule has 0 radical (unpaired) electrons. The van der Waals surface area contributed by atoms with E-state index < -0.39 is 0 Å². The molecule has 1 aromatic carbocycles. The van der Waals surface area contributed by atoms with Crippen LogP contribution in [0.1, 0.15) is 13.3 Å². The third kappa shape index (κ3) is 6.93. The normalized spacial score (nSPS) is 10.6. The molecular weight excluding hydrogens is 395 g/mol. The maximum absolute atomic E-state index is 12.8. The molecule has 2 aromatic rings. The fourth-order valence-corrected chi connectivity index (χ4v) is 4.66. The van der Waals surface area contributed by atoms with Crippen LogP contribution in [0.25, 0.3) is 0 Å². The number of nitrogens with zero attached hydrogens (tertiary/aromatic N) is 3. The highest BCUT2D eigenvalue weighted by molar-refractivity contribution is 8.03. The van der Waals surface area contributed by atoms with Crippen LogP contribution in [0.5, 0.6) is 0 Å². The number of halogens is 1.